The number of carboxylic acid groups (broad SMARTS) is 1. The highest BCUT2D eigenvalue weighted by molar-refractivity contribution is 5.92. The van der Waals surface area contributed by atoms with Gasteiger partial charge in [0.05, 0.1) is 32.7 Å². The molecule has 0 aliphatic rings. The lowest BCUT2D eigenvalue weighted by Crippen LogP contribution is -2.25. The van der Waals surface area contributed by atoms with Crippen molar-refractivity contribution < 1.29 is 28.9 Å². The number of carbonyl (C=O) groups is 2. The molecule has 2 aromatic carbocycles. The molecule has 0 saturated heterocycles. The number of methoxy groups -OCH3 is 3. The van der Waals surface area contributed by atoms with Crippen LogP contribution in [0.1, 0.15) is 88.6 Å². The Bertz CT molecular complexity index is 1570. The molecule has 0 saturated carbocycles. The van der Waals surface area contributed by atoms with Crippen molar-refractivity contribution in [1.82, 2.24) is 24.9 Å². The van der Waals surface area contributed by atoms with Crippen LogP contribution in [0, 0.1) is 6.92 Å². The van der Waals surface area contributed by atoms with Gasteiger partial charge in [-0.25, -0.2) is 4.79 Å². The maximum absolute atomic E-state index is 12.3. The summed E-state index contributed by atoms with van der Waals surface area (Å²) in [6.45, 7) is 11.0. The van der Waals surface area contributed by atoms with Gasteiger partial charge in [-0.05, 0) is 54.2 Å². The van der Waals surface area contributed by atoms with Gasteiger partial charge in [0.15, 0.2) is 11.5 Å². The molecular weight excluding hydrogens is 588 g/mol. The topological polar surface area (TPSA) is 156 Å². The van der Waals surface area contributed by atoms with Crippen LogP contribution in [0.5, 0.6) is 17.2 Å². The number of aryl methyl sites for hydroxylation is 2. The van der Waals surface area contributed by atoms with E-state index in [1.165, 1.54) is 4.68 Å². The lowest BCUT2D eigenvalue weighted by atomic mass is 10.1. The monoisotopic (exact) mass is 636 g/mol. The van der Waals surface area contributed by atoms with Gasteiger partial charge < -0.3 is 30.4 Å². The quantitative estimate of drug-likeness (QED) is 0.213. The Kier molecular flexibility index (Phi) is 14.3. The average molecular weight is 637 g/mol. The van der Waals surface area contributed by atoms with Crippen molar-refractivity contribution in [2.24, 2.45) is 19.8 Å². The van der Waals surface area contributed by atoms with Crippen LogP contribution in [0.3, 0.4) is 0 Å². The molecule has 4 rings (SSSR count). The molecule has 12 heteroatoms. The number of hydrogen-bond acceptors (Lipinski definition) is 8. The standard InChI is InChI=1S/C17H23N3O2.C9H13NO2.C8H12N2O2/c1-11(2)14-9-15(20(4)19-14)17(21)18-10-13-7-6-8-16(22-5)12(13)3;1-11-8-5-3-4-7(6-10)9(8)12-2;1-5(2)6-4-7(8(11)12)10(3)9-6/h6-9,11H,10H2,1-5H3,(H,18,21);3-5H,6,10H2,1-2H3;4-5H,1-3H3,(H,11,12). The Balaban J connectivity index is 0.000000261. The second-order valence-electron chi connectivity index (χ2n) is 11.1. The maximum Gasteiger partial charge on any atom is 0.354 e. The van der Waals surface area contributed by atoms with E-state index >= 15 is 0 Å². The van der Waals surface area contributed by atoms with E-state index in [0.717, 1.165) is 45.3 Å². The summed E-state index contributed by atoms with van der Waals surface area (Å²) in [6, 6.07) is 14.9. The Labute approximate surface area is 271 Å². The normalized spacial score (nSPS) is 10.5. The number of amides is 1. The highest BCUT2D eigenvalue weighted by atomic mass is 16.5. The van der Waals surface area contributed by atoms with Gasteiger partial charge in [0.25, 0.3) is 5.91 Å². The van der Waals surface area contributed by atoms with Gasteiger partial charge in [-0.3, -0.25) is 14.2 Å². The van der Waals surface area contributed by atoms with Crippen molar-refractivity contribution in [3.8, 4) is 17.2 Å². The fourth-order valence-electron chi connectivity index (χ4n) is 4.41. The molecule has 4 N–H and O–H groups in total. The molecule has 0 aliphatic heterocycles. The van der Waals surface area contributed by atoms with E-state index in [0.29, 0.717) is 24.7 Å². The fraction of sp³-hybridized carbons (Fsp3) is 0.412. The molecule has 12 nitrogen and oxygen atoms in total. The van der Waals surface area contributed by atoms with Crippen LogP contribution in [-0.2, 0) is 27.2 Å². The highest BCUT2D eigenvalue weighted by Gasteiger charge is 2.16. The van der Waals surface area contributed by atoms with Crippen LogP contribution in [0.2, 0.25) is 0 Å². The van der Waals surface area contributed by atoms with E-state index in [1.54, 1.807) is 46.2 Å². The summed E-state index contributed by atoms with van der Waals surface area (Å²) in [4.78, 5) is 22.9. The number of para-hydroxylation sites is 1. The van der Waals surface area contributed by atoms with Crippen LogP contribution >= 0.6 is 0 Å². The zero-order valence-electron chi connectivity index (χ0n) is 28.5. The maximum atomic E-state index is 12.3. The zero-order valence-corrected chi connectivity index (χ0v) is 28.5. The first-order chi connectivity index (χ1) is 21.8. The molecule has 0 aliphatic carbocycles. The second kappa shape index (κ2) is 17.6. The number of aromatic nitrogens is 4. The van der Waals surface area contributed by atoms with Gasteiger partial charge in [0.2, 0.25) is 0 Å². The van der Waals surface area contributed by atoms with E-state index in [-0.39, 0.29) is 17.5 Å². The number of nitrogens with zero attached hydrogens (tertiary/aromatic N) is 4. The average Bonchev–Trinajstić information content (AvgIpc) is 3.63. The van der Waals surface area contributed by atoms with Crippen LogP contribution in [0.4, 0.5) is 0 Å². The first kappa shape index (κ1) is 37.3. The first-order valence-electron chi connectivity index (χ1n) is 14.9. The van der Waals surface area contributed by atoms with E-state index in [4.69, 9.17) is 25.1 Å². The molecule has 46 heavy (non-hydrogen) atoms. The molecule has 0 spiro atoms. The summed E-state index contributed by atoms with van der Waals surface area (Å²) in [5.41, 5.74) is 11.1. The minimum Gasteiger partial charge on any atom is -0.496 e. The van der Waals surface area contributed by atoms with Crippen molar-refractivity contribution in [2.75, 3.05) is 21.3 Å². The van der Waals surface area contributed by atoms with Crippen LogP contribution < -0.4 is 25.3 Å². The van der Waals surface area contributed by atoms with E-state index < -0.39 is 5.97 Å². The van der Waals surface area contributed by atoms with Gasteiger partial charge in [-0.1, -0.05) is 52.0 Å². The SMILES string of the molecule is CC(C)c1cc(C(=O)O)n(C)n1.COc1cccc(CN)c1OC.COc1cccc(CNC(=O)c2cc(C(C)C)nn2C)c1C. The van der Waals surface area contributed by atoms with Crippen LogP contribution in [0.25, 0.3) is 0 Å². The van der Waals surface area contributed by atoms with Crippen molar-refractivity contribution in [3.63, 3.8) is 0 Å². The fourth-order valence-corrected chi connectivity index (χ4v) is 4.41. The number of rotatable bonds is 10. The van der Waals surface area contributed by atoms with Crippen LogP contribution in [-0.4, -0.2) is 57.9 Å². The number of nitrogens with one attached hydrogen (secondary N) is 1. The number of nitrogens with two attached hydrogens (primary N) is 1. The molecule has 1 amide bonds. The van der Waals surface area contributed by atoms with Crippen molar-refractivity contribution in [2.45, 2.75) is 59.5 Å². The summed E-state index contributed by atoms with van der Waals surface area (Å²) >= 11 is 0. The smallest absolute Gasteiger partial charge is 0.354 e. The van der Waals surface area contributed by atoms with Gasteiger partial charge in [0.1, 0.15) is 17.1 Å². The van der Waals surface area contributed by atoms with Gasteiger partial charge >= 0.3 is 5.97 Å². The number of ether oxygens (including phenoxy) is 3. The van der Waals surface area contributed by atoms with E-state index in [2.05, 4.69) is 29.4 Å². The third kappa shape index (κ3) is 9.83. The van der Waals surface area contributed by atoms with Gasteiger partial charge in [0, 0.05) is 32.7 Å². The Morgan fingerprint density at radius 3 is 1.76 bits per heavy atom. The number of aromatic carboxylic acids is 1. The Morgan fingerprint density at radius 2 is 1.33 bits per heavy atom. The first-order valence-corrected chi connectivity index (χ1v) is 14.9. The van der Waals surface area contributed by atoms with Crippen molar-refractivity contribution >= 4 is 11.9 Å². The molecule has 4 aromatic rings. The molecule has 0 fully saturated rings. The van der Waals surface area contributed by atoms with E-state index in [1.807, 2.05) is 63.2 Å². The number of carboxylic acids is 1. The largest absolute Gasteiger partial charge is 0.496 e. The molecule has 2 aromatic heterocycles. The molecule has 0 radical (unpaired) electrons. The summed E-state index contributed by atoms with van der Waals surface area (Å²) < 4.78 is 18.6. The van der Waals surface area contributed by atoms with E-state index in [9.17, 15) is 9.59 Å². The summed E-state index contributed by atoms with van der Waals surface area (Å²) in [7, 11) is 8.29. The molecular formula is C34H48N6O6. The Hall–Kier alpha value is -4.84. The summed E-state index contributed by atoms with van der Waals surface area (Å²) in [6.07, 6.45) is 0. The predicted octanol–water partition coefficient (Wildman–Crippen LogP) is 5.19. The number of benzene rings is 2. The number of carbonyl (C=O) groups excluding carboxylic acids is 1. The van der Waals surface area contributed by atoms with Gasteiger partial charge in [-0.2, -0.15) is 10.2 Å². The summed E-state index contributed by atoms with van der Waals surface area (Å²) in [5, 5.41) is 20.1. The lowest BCUT2D eigenvalue weighted by molar-refractivity contribution is 0.0684. The minimum absolute atomic E-state index is 0.121. The minimum atomic E-state index is -0.933. The lowest BCUT2D eigenvalue weighted by Gasteiger charge is -2.11. The summed E-state index contributed by atoms with van der Waals surface area (Å²) in [5.74, 6) is 1.79. The zero-order chi connectivity index (χ0) is 34.6. The third-order valence-corrected chi connectivity index (χ3v) is 7.19. The number of hydrogen-bond donors (Lipinski definition) is 3. The predicted molar refractivity (Wildman–Crippen MR) is 178 cm³/mol. The third-order valence-electron chi connectivity index (χ3n) is 7.19. The molecule has 250 valence electrons. The van der Waals surface area contributed by atoms with Crippen LogP contribution in [0.15, 0.2) is 48.5 Å². The molecule has 2 heterocycles. The van der Waals surface area contributed by atoms with Gasteiger partial charge in [-0.15, -0.1) is 0 Å². The van der Waals surface area contributed by atoms with Crippen molar-refractivity contribution in [3.05, 3.63) is 88.0 Å². The highest BCUT2D eigenvalue weighted by Crippen LogP contribution is 2.30. The Morgan fingerprint density at radius 1 is 0.826 bits per heavy atom. The van der Waals surface area contributed by atoms with Crippen molar-refractivity contribution in [1.29, 1.82) is 0 Å². The molecule has 0 unspecified atom stereocenters. The molecule has 0 bridgehead atoms. The molecule has 0 atom stereocenters. The second-order valence-corrected chi connectivity index (χ2v) is 11.1.